The molecule has 3 fully saturated rings. The molecule has 1 amide bonds. The van der Waals surface area contributed by atoms with Crippen molar-refractivity contribution in [3.63, 3.8) is 0 Å². The van der Waals surface area contributed by atoms with Crippen molar-refractivity contribution in [3.8, 4) is 0 Å². The summed E-state index contributed by atoms with van der Waals surface area (Å²) in [6.07, 6.45) is 10.6. The summed E-state index contributed by atoms with van der Waals surface area (Å²) in [6.45, 7) is 0.889. The summed E-state index contributed by atoms with van der Waals surface area (Å²) in [5.74, 6) is 1.53. The van der Waals surface area contributed by atoms with Crippen LogP contribution in [-0.2, 0) is 9.59 Å². The van der Waals surface area contributed by atoms with Crippen molar-refractivity contribution in [2.24, 2.45) is 11.8 Å². The molecule has 2 unspecified atom stereocenters. The number of hydrogen-bond acceptors (Lipinski definition) is 2. The molecule has 106 valence electrons. The van der Waals surface area contributed by atoms with E-state index in [9.17, 15) is 9.59 Å². The van der Waals surface area contributed by atoms with E-state index < -0.39 is 0 Å². The first-order chi connectivity index (χ1) is 9.25. The van der Waals surface area contributed by atoms with Crippen LogP contribution >= 0.6 is 0 Å². The van der Waals surface area contributed by atoms with Gasteiger partial charge >= 0.3 is 0 Å². The molecule has 2 aliphatic carbocycles. The van der Waals surface area contributed by atoms with Crippen LogP contribution in [0.25, 0.3) is 0 Å². The van der Waals surface area contributed by atoms with Gasteiger partial charge in [0.2, 0.25) is 5.91 Å². The molecule has 0 aromatic carbocycles. The van der Waals surface area contributed by atoms with Crippen LogP contribution < -0.4 is 0 Å². The maximum absolute atomic E-state index is 12.5. The molecule has 0 bridgehead atoms. The Morgan fingerprint density at radius 2 is 1.89 bits per heavy atom. The Hall–Kier alpha value is -0.860. The van der Waals surface area contributed by atoms with Gasteiger partial charge in [0.25, 0.3) is 0 Å². The van der Waals surface area contributed by atoms with Crippen molar-refractivity contribution in [3.05, 3.63) is 0 Å². The summed E-state index contributed by atoms with van der Waals surface area (Å²) < 4.78 is 0. The standard InChI is InChI=1S/C16H25NO2/c18-15-9-4-7-13(15)14-8-1-2-10-17(14)16(19)11-12-5-3-6-12/h12-14H,1-11H2. The number of amides is 1. The van der Waals surface area contributed by atoms with Crippen molar-refractivity contribution in [1.29, 1.82) is 0 Å². The summed E-state index contributed by atoms with van der Waals surface area (Å²) >= 11 is 0. The van der Waals surface area contributed by atoms with E-state index in [1.807, 2.05) is 0 Å². The zero-order chi connectivity index (χ0) is 13.2. The molecule has 0 radical (unpaired) electrons. The summed E-state index contributed by atoms with van der Waals surface area (Å²) in [7, 11) is 0. The monoisotopic (exact) mass is 263 g/mol. The SMILES string of the molecule is O=C1CCCC1C1CCCCN1C(=O)CC1CCC1. The molecule has 2 atom stereocenters. The maximum Gasteiger partial charge on any atom is 0.223 e. The van der Waals surface area contributed by atoms with Gasteiger partial charge in [-0.05, 0) is 50.9 Å². The number of nitrogens with zero attached hydrogens (tertiary/aromatic N) is 1. The Balaban J connectivity index is 1.65. The smallest absolute Gasteiger partial charge is 0.223 e. The van der Waals surface area contributed by atoms with Crippen LogP contribution in [0.3, 0.4) is 0 Å². The van der Waals surface area contributed by atoms with E-state index in [1.54, 1.807) is 0 Å². The predicted octanol–water partition coefficient (Wildman–Crippen LogP) is 2.93. The molecule has 3 heteroatoms. The lowest BCUT2D eigenvalue weighted by Crippen LogP contribution is -2.49. The van der Waals surface area contributed by atoms with Gasteiger partial charge in [-0.25, -0.2) is 0 Å². The first-order valence-corrected chi connectivity index (χ1v) is 8.08. The molecular formula is C16H25NO2. The molecule has 1 aliphatic heterocycles. The van der Waals surface area contributed by atoms with Crippen molar-refractivity contribution >= 4 is 11.7 Å². The second-order valence-corrected chi connectivity index (χ2v) is 6.62. The third-order valence-corrected chi connectivity index (χ3v) is 5.37. The Morgan fingerprint density at radius 3 is 2.53 bits per heavy atom. The van der Waals surface area contributed by atoms with Gasteiger partial charge in [-0.3, -0.25) is 9.59 Å². The van der Waals surface area contributed by atoms with Crippen molar-refractivity contribution in [2.45, 2.75) is 70.3 Å². The van der Waals surface area contributed by atoms with Gasteiger partial charge in [0, 0.05) is 31.3 Å². The average molecular weight is 263 g/mol. The summed E-state index contributed by atoms with van der Waals surface area (Å²) in [4.78, 5) is 26.6. The van der Waals surface area contributed by atoms with Crippen molar-refractivity contribution in [2.75, 3.05) is 6.54 Å². The first kappa shape index (κ1) is 13.1. The molecule has 2 saturated carbocycles. The first-order valence-electron chi connectivity index (χ1n) is 8.08. The van der Waals surface area contributed by atoms with E-state index in [0.717, 1.165) is 45.1 Å². The minimum absolute atomic E-state index is 0.158. The molecule has 0 aromatic heterocycles. The third-order valence-electron chi connectivity index (χ3n) is 5.37. The van der Waals surface area contributed by atoms with E-state index in [1.165, 1.54) is 25.7 Å². The second-order valence-electron chi connectivity index (χ2n) is 6.62. The number of likely N-dealkylation sites (tertiary alicyclic amines) is 1. The third kappa shape index (κ3) is 2.70. The molecule has 1 heterocycles. The topological polar surface area (TPSA) is 37.4 Å². The van der Waals surface area contributed by atoms with Crippen molar-refractivity contribution < 1.29 is 9.59 Å². The Morgan fingerprint density at radius 1 is 1.05 bits per heavy atom. The number of rotatable bonds is 3. The second kappa shape index (κ2) is 5.64. The van der Waals surface area contributed by atoms with E-state index in [-0.39, 0.29) is 12.0 Å². The molecule has 3 aliphatic rings. The van der Waals surface area contributed by atoms with Crippen LogP contribution in [0, 0.1) is 11.8 Å². The van der Waals surface area contributed by atoms with Crippen molar-refractivity contribution in [1.82, 2.24) is 4.90 Å². The number of piperidine rings is 1. The largest absolute Gasteiger partial charge is 0.339 e. The fourth-order valence-electron chi connectivity index (χ4n) is 4.00. The van der Waals surface area contributed by atoms with Gasteiger partial charge in [-0.15, -0.1) is 0 Å². The zero-order valence-corrected chi connectivity index (χ0v) is 11.8. The maximum atomic E-state index is 12.5. The highest BCUT2D eigenvalue weighted by molar-refractivity contribution is 5.85. The average Bonchev–Trinajstić information content (AvgIpc) is 2.80. The quantitative estimate of drug-likeness (QED) is 0.785. The summed E-state index contributed by atoms with van der Waals surface area (Å²) in [6, 6.07) is 0.233. The number of Topliss-reactive ketones (excluding diaryl/α,β-unsaturated/α-hetero) is 1. The highest BCUT2D eigenvalue weighted by atomic mass is 16.2. The van der Waals surface area contributed by atoms with E-state index in [4.69, 9.17) is 0 Å². The van der Waals surface area contributed by atoms with E-state index >= 15 is 0 Å². The Bertz CT molecular complexity index is 362. The fourth-order valence-corrected chi connectivity index (χ4v) is 4.00. The molecule has 3 nitrogen and oxygen atoms in total. The lowest BCUT2D eigenvalue weighted by molar-refractivity contribution is -0.139. The van der Waals surface area contributed by atoms with Crippen LogP contribution in [0.2, 0.25) is 0 Å². The summed E-state index contributed by atoms with van der Waals surface area (Å²) in [5, 5.41) is 0. The highest BCUT2D eigenvalue weighted by Gasteiger charge is 2.39. The van der Waals surface area contributed by atoms with E-state index in [0.29, 0.717) is 17.6 Å². The van der Waals surface area contributed by atoms with Gasteiger partial charge in [0.05, 0.1) is 0 Å². The normalized spacial score (nSPS) is 32.4. The van der Waals surface area contributed by atoms with Crippen LogP contribution in [0.15, 0.2) is 0 Å². The van der Waals surface area contributed by atoms with Gasteiger partial charge in [0.15, 0.2) is 0 Å². The number of carbonyl (C=O) groups is 2. The van der Waals surface area contributed by atoms with Gasteiger partial charge in [-0.2, -0.15) is 0 Å². The zero-order valence-electron chi connectivity index (χ0n) is 11.8. The van der Waals surface area contributed by atoms with Gasteiger partial charge in [-0.1, -0.05) is 6.42 Å². The molecule has 19 heavy (non-hydrogen) atoms. The molecule has 0 aromatic rings. The minimum atomic E-state index is 0.158. The van der Waals surface area contributed by atoms with Crippen LogP contribution in [-0.4, -0.2) is 29.2 Å². The number of hydrogen-bond donors (Lipinski definition) is 0. The van der Waals surface area contributed by atoms with Crippen LogP contribution in [0.4, 0.5) is 0 Å². The molecule has 3 rings (SSSR count). The lowest BCUT2D eigenvalue weighted by Gasteiger charge is -2.40. The molecular weight excluding hydrogens is 238 g/mol. The fraction of sp³-hybridized carbons (Fsp3) is 0.875. The lowest BCUT2D eigenvalue weighted by atomic mass is 9.81. The molecule has 0 N–H and O–H groups in total. The Kier molecular flexibility index (Phi) is 3.90. The molecule has 1 saturated heterocycles. The molecule has 0 spiro atoms. The van der Waals surface area contributed by atoms with Crippen LogP contribution in [0.5, 0.6) is 0 Å². The number of carbonyl (C=O) groups excluding carboxylic acids is 2. The highest BCUT2D eigenvalue weighted by Crippen LogP contribution is 2.35. The van der Waals surface area contributed by atoms with Gasteiger partial charge < -0.3 is 4.90 Å². The van der Waals surface area contributed by atoms with E-state index in [2.05, 4.69) is 4.90 Å². The predicted molar refractivity (Wildman–Crippen MR) is 73.7 cm³/mol. The number of ketones is 1. The minimum Gasteiger partial charge on any atom is -0.339 e. The Labute approximate surface area is 115 Å². The summed E-state index contributed by atoms with van der Waals surface area (Å²) in [5.41, 5.74) is 0. The van der Waals surface area contributed by atoms with Gasteiger partial charge in [0.1, 0.15) is 5.78 Å². The van der Waals surface area contributed by atoms with Crippen LogP contribution in [0.1, 0.15) is 64.2 Å².